The number of benzene rings is 2. The highest BCUT2D eigenvalue weighted by atomic mass is 19.1. The largest absolute Gasteiger partial charge is 0.493 e. The number of carbonyl (C=O) groups is 1. The molecular weight excluding hydrogens is 393 g/mol. The van der Waals surface area contributed by atoms with Crippen LogP contribution >= 0.6 is 0 Å². The van der Waals surface area contributed by atoms with E-state index in [1.165, 1.54) is 43.1 Å². The zero-order valence-electron chi connectivity index (χ0n) is 16.0. The second-order valence-corrected chi connectivity index (χ2v) is 6.27. The summed E-state index contributed by atoms with van der Waals surface area (Å²) < 4.78 is 25.1. The van der Waals surface area contributed by atoms with Crippen molar-refractivity contribution < 1.29 is 18.7 Å². The summed E-state index contributed by atoms with van der Waals surface area (Å²) in [7, 11) is 2.97. The summed E-state index contributed by atoms with van der Waals surface area (Å²) in [5.41, 5.74) is 5.87. The van der Waals surface area contributed by atoms with Gasteiger partial charge in [-0.25, -0.2) is 23.7 Å². The molecule has 0 unspecified atom stereocenters. The minimum Gasteiger partial charge on any atom is -0.493 e. The number of halogens is 1. The van der Waals surface area contributed by atoms with Crippen LogP contribution in [0.15, 0.2) is 47.3 Å². The lowest BCUT2D eigenvalue weighted by Gasteiger charge is -2.10. The molecule has 1 amide bonds. The molecular formula is C20H16FN5O4. The number of nitrogens with zero attached hydrogens (tertiary/aromatic N) is 3. The third-order valence-electron chi connectivity index (χ3n) is 4.50. The lowest BCUT2D eigenvalue weighted by Crippen LogP contribution is -2.15. The Labute approximate surface area is 168 Å². The first kappa shape index (κ1) is 19.1. The molecule has 0 saturated heterocycles. The lowest BCUT2D eigenvalue weighted by atomic mass is 10.2. The number of amides is 1. The molecule has 9 nitrogen and oxygen atoms in total. The van der Waals surface area contributed by atoms with Crippen LogP contribution in [0.2, 0.25) is 0 Å². The highest BCUT2D eigenvalue weighted by Gasteiger charge is 2.21. The van der Waals surface area contributed by atoms with E-state index < -0.39 is 17.4 Å². The van der Waals surface area contributed by atoms with Crippen LogP contribution in [0.4, 0.5) is 4.39 Å². The van der Waals surface area contributed by atoms with Gasteiger partial charge in [0.15, 0.2) is 28.7 Å². The summed E-state index contributed by atoms with van der Waals surface area (Å²) in [5, 5.41) is 0. The summed E-state index contributed by atoms with van der Waals surface area (Å²) in [6.07, 6.45) is 0. The van der Waals surface area contributed by atoms with E-state index in [1.807, 2.05) is 0 Å². The third kappa shape index (κ3) is 3.13. The first-order valence-corrected chi connectivity index (χ1v) is 8.74. The third-order valence-corrected chi connectivity index (χ3v) is 4.50. The van der Waals surface area contributed by atoms with E-state index in [1.54, 1.807) is 18.2 Å². The Balaban J connectivity index is 2.02. The monoisotopic (exact) mass is 409 g/mol. The van der Waals surface area contributed by atoms with Crippen molar-refractivity contribution >= 4 is 17.1 Å². The number of rotatable bonds is 5. The van der Waals surface area contributed by atoms with E-state index in [0.717, 1.165) is 0 Å². The first-order valence-electron chi connectivity index (χ1n) is 8.74. The summed E-state index contributed by atoms with van der Waals surface area (Å²) in [6, 6.07) is 10.3. The quantitative estimate of drug-likeness (QED) is 0.520. The minimum absolute atomic E-state index is 0.0909. The van der Waals surface area contributed by atoms with E-state index in [0.29, 0.717) is 22.7 Å². The molecule has 3 N–H and O–H groups in total. The number of hydrogen-bond acceptors (Lipinski definition) is 6. The number of primary amides is 1. The Bertz CT molecular complexity index is 1330. The highest BCUT2D eigenvalue weighted by Crippen LogP contribution is 2.30. The molecule has 0 radical (unpaired) electrons. The zero-order valence-corrected chi connectivity index (χ0v) is 16.0. The molecule has 0 aliphatic heterocycles. The molecule has 0 atom stereocenters. The maximum absolute atomic E-state index is 13.3. The number of methoxy groups -OCH3 is 2. The molecule has 2 aromatic carbocycles. The van der Waals surface area contributed by atoms with Crippen molar-refractivity contribution in [2.24, 2.45) is 5.73 Å². The van der Waals surface area contributed by atoms with Gasteiger partial charge in [-0.1, -0.05) is 0 Å². The van der Waals surface area contributed by atoms with Gasteiger partial charge in [-0.05, 0) is 36.4 Å². The Morgan fingerprint density at radius 3 is 2.40 bits per heavy atom. The fraction of sp³-hybridized carbons (Fsp3) is 0.100. The van der Waals surface area contributed by atoms with Crippen LogP contribution in [0.1, 0.15) is 10.5 Å². The number of fused-ring (bicyclic) bond motifs is 1. The number of ether oxygens (including phenoxy) is 2. The summed E-state index contributed by atoms with van der Waals surface area (Å²) >= 11 is 0. The number of imidazole rings is 1. The Morgan fingerprint density at radius 1 is 1.07 bits per heavy atom. The van der Waals surface area contributed by atoms with Crippen molar-refractivity contribution in [3.63, 3.8) is 0 Å². The van der Waals surface area contributed by atoms with Crippen molar-refractivity contribution in [1.82, 2.24) is 19.5 Å². The van der Waals surface area contributed by atoms with Crippen molar-refractivity contribution in [1.29, 1.82) is 0 Å². The molecule has 0 bridgehead atoms. The molecule has 10 heteroatoms. The summed E-state index contributed by atoms with van der Waals surface area (Å²) in [4.78, 5) is 35.9. The molecule has 30 heavy (non-hydrogen) atoms. The maximum Gasteiger partial charge on any atom is 0.332 e. The second kappa shape index (κ2) is 7.32. The SMILES string of the molecule is COc1ccc(-n2c(=O)[nH]c3c(C(N)=O)nc(-c4ccc(F)cc4)nc32)cc1OC. The maximum atomic E-state index is 13.3. The van der Waals surface area contributed by atoms with Crippen molar-refractivity contribution in [3.05, 3.63) is 64.5 Å². The second-order valence-electron chi connectivity index (χ2n) is 6.27. The van der Waals surface area contributed by atoms with Gasteiger partial charge in [0.05, 0.1) is 19.9 Å². The van der Waals surface area contributed by atoms with E-state index in [-0.39, 0.29) is 22.7 Å². The Morgan fingerprint density at radius 2 is 1.77 bits per heavy atom. The zero-order chi connectivity index (χ0) is 21.4. The Hall–Kier alpha value is -4.21. The normalized spacial score (nSPS) is 10.9. The number of nitrogens with two attached hydrogens (primary N) is 1. The van der Waals surface area contributed by atoms with Crippen molar-refractivity contribution in [3.8, 4) is 28.6 Å². The topological polar surface area (TPSA) is 125 Å². The van der Waals surface area contributed by atoms with Gasteiger partial charge >= 0.3 is 5.69 Å². The molecule has 2 aromatic heterocycles. The molecule has 152 valence electrons. The van der Waals surface area contributed by atoms with Crippen LogP contribution in [0.5, 0.6) is 11.5 Å². The number of aromatic amines is 1. The fourth-order valence-corrected chi connectivity index (χ4v) is 3.09. The molecule has 0 aliphatic rings. The average molecular weight is 409 g/mol. The van der Waals surface area contributed by atoms with Crippen molar-refractivity contribution in [2.75, 3.05) is 14.2 Å². The molecule has 0 fully saturated rings. The molecule has 4 aromatic rings. The lowest BCUT2D eigenvalue weighted by molar-refractivity contribution is 0.0997. The number of nitrogens with one attached hydrogen (secondary N) is 1. The van der Waals surface area contributed by atoms with Gasteiger partial charge in [0, 0.05) is 11.6 Å². The van der Waals surface area contributed by atoms with Crippen molar-refractivity contribution in [2.45, 2.75) is 0 Å². The minimum atomic E-state index is -0.841. The summed E-state index contributed by atoms with van der Waals surface area (Å²) in [5.74, 6) is -0.275. The molecule has 0 saturated carbocycles. The van der Waals surface area contributed by atoms with Gasteiger partial charge in [0.25, 0.3) is 5.91 Å². The van der Waals surface area contributed by atoms with Gasteiger partial charge in [-0.15, -0.1) is 0 Å². The van der Waals surface area contributed by atoms with Crippen LogP contribution in [0.3, 0.4) is 0 Å². The molecule has 0 spiro atoms. The standard InChI is InChI=1S/C20H16FN5O4/c1-29-13-8-7-12(9-14(13)30-2)26-19-16(24-20(26)28)15(17(22)27)23-18(25-19)10-3-5-11(21)6-4-10/h3-9H,1-2H3,(H2,22,27)(H,24,28). The predicted octanol–water partition coefficient (Wildman–Crippen LogP) is 2.03. The van der Waals surface area contributed by atoms with Gasteiger partial charge < -0.3 is 20.2 Å². The fourth-order valence-electron chi connectivity index (χ4n) is 3.09. The molecule has 2 heterocycles. The average Bonchev–Trinajstić information content (AvgIpc) is 3.08. The smallest absolute Gasteiger partial charge is 0.332 e. The van der Waals surface area contributed by atoms with E-state index in [2.05, 4.69) is 15.0 Å². The van der Waals surface area contributed by atoms with Gasteiger partial charge in [-0.3, -0.25) is 4.79 Å². The van der Waals surface area contributed by atoms with Crippen LogP contribution in [0, 0.1) is 5.82 Å². The Kier molecular flexibility index (Phi) is 4.66. The number of hydrogen-bond donors (Lipinski definition) is 2. The molecule has 0 aliphatic carbocycles. The van der Waals surface area contributed by atoms with Gasteiger partial charge in [-0.2, -0.15) is 0 Å². The highest BCUT2D eigenvalue weighted by molar-refractivity contribution is 6.02. The number of carbonyl (C=O) groups excluding carboxylic acids is 1. The van der Waals surface area contributed by atoms with Crippen LogP contribution in [0.25, 0.3) is 28.2 Å². The van der Waals surface area contributed by atoms with E-state index in [9.17, 15) is 14.0 Å². The number of aromatic nitrogens is 4. The number of H-pyrrole nitrogens is 1. The van der Waals surface area contributed by atoms with Gasteiger partial charge in [0.2, 0.25) is 0 Å². The molecule has 4 rings (SSSR count). The van der Waals surface area contributed by atoms with Crippen LogP contribution in [-0.4, -0.2) is 39.6 Å². The first-order chi connectivity index (χ1) is 14.4. The van der Waals surface area contributed by atoms with Crippen LogP contribution in [-0.2, 0) is 0 Å². The summed E-state index contributed by atoms with van der Waals surface area (Å²) in [6.45, 7) is 0. The van der Waals surface area contributed by atoms with E-state index >= 15 is 0 Å². The van der Waals surface area contributed by atoms with Gasteiger partial charge in [0.1, 0.15) is 11.3 Å². The predicted molar refractivity (Wildman–Crippen MR) is 107 cm³/mol. The van der Waals surface area contributed by atoms with E-state index in [4.69, 9.17) is 15.2 Å². The van der Waals surface area contributed by atoms with Crippen LogP contribution < -0.4 is 20.9 Å².